The molecule has 0 aliphatic rings. The molecule has 10 heavy (non-hydrogen) atoms. The maximum absolute atomic E-state index is 9.24. The SMILES string of the molecule is NCC(=O)O.[CH2-]C(O)O.[Na+]. The van der Waals surface area contributed by atoms with Crippen LogP contribution in [0.2, 0.25) is 0 Å². The van der Waals surface area contributed by atoms with Gasteiger partial charge < -0.3 is 21.1 Å². The molecule has 6 heteroatoms. The summed E-state index contributed by atoms with van der Waals surface area (Å²) in [6.07, 6.45) is -1.42. The molecule has 0 amide bonds. The number of aliphatic carboxylic acids is 1. The van der Waals surface area contributed by atoms with E-state index in [4.69, 9.17) is 15.3 Å². The smallest absolute Gasteiger partial charge is 0.480 e. The van der Waals surface area contributed by atoms with E-state index in [9.17, 15) is 4.79 Å². The van der Waals surface area contributed by atoms with Crippen LogP contribution < -0.4 is 35.3 Å². The Hall–Kier alpha value is 0.350. The molecule has 0 aromatic rings. The maximum atomic E-state index is 9.24. The van der Waals surface area contributed by atoms with Gasteiger partial charge in [0.15, 0.2) is 0 Å². The zero-order chi connectivity index (χ0) is 7.86. The van der Waals surface area contributed by atoms with E-state index in [1.165, 1.54) is 0 Å². The zero-order valence-corrected chi connectivity index (χ0v) is 7.82. The van der Waals surface area contributed by atoms with Gasteiger partial charge in [-0.1, -0.05) is 0 Å². The van der Waals surface area contributed by atoms with E-state index < -0.39 is 12.3 Å². The Kier molecular flexibility index (Phi) is 20.2. The molecule has 0 bridgehead atoms. The Morgan fingerprint density at radius 3 is 1.70 bits per heavy atom. The first-order chi connectivity index (χ1) is 4.00. The number of hydrogen-bond donors (Lipinski definition) is 4. The van der Waals surface area contributed by atoms with Crippen LogP contribution >= 0.6 is 0 Å². The van der Waals surface area contributed by atoms with E-state index in [2.05, 4.69) is 12.7 Å². The number of carboxylic acid groups (broad SMARTS) is 1. The van der Waals surface area contributed by atoms with Crippen molar-refractivity contribution < 1.29 is 49.7 Å². The van der Waals surface area contributed by atoms with Gasteiger partial charge in [-0.05, 0) is 0 Å². The third kappa shape index (κ3) is 81.7. The van der Waals surface area contributed by atoms with Gasteiger partial charge in [0, 0.05) is 6.29 Å². The number of hydrogen-bond acceptors (Lipinski definition) is 4. The van der Waals surface area contributed by atoms with E-state index >= 15 is 0 Å². The topological polar surface area (TPSA) is 104 Å². The van der Waals surface area contributed by atoms with Gasteiger partial charge in [0.2, 0.25) is 0 Å². The summed E-state index contributed by atoms with van der Waals surface area (Å²) in [4.78, 5) is 9.24. The van der Waals surface area contributed by atoms with Crippen LogP contribution in [0.5, 0.6) is 0 Å². The average molecular weight is 159 g/mol. The van der Waals surface area contributed by atoms with Crippen LogP contribution in [0.25, 0.3) is 0 Å². The predicted octanol–water partition coefficient (Wildman–Crippen LogP) is -4.84. The quantitative estimate of drug-likeness (QED) is 0.174. The van der Waals surface area contributed by atoms with Crippen LogP contribution in [0, 0.1) is 6.92 Å². The third-order valence-corrected chi connectivity index (χ3v) is 0.175. The minimum Gasteiger partial charge on any atom is -0.480 e. The third-order valence-electron chi connectivity index (χ3n) is 0.175. The van der Waals surface area contributed by atoms with E-state index in [0.717, 1.165) is 0 Å². The van der Waals surface area contributed by atoms with Crippen LogP contribution in [-0.4, -0.2) is 34.1 Å². The minimum atomic E-state index is -1.42. The summed E-state index contributed by atoms with van der Waals surface area (Å²) in [5.74, 6) is -0.968. The second-order valence-electron chi connectivity index (χ2n) is 1.08. The van der Waals surface area contributed by atoms with Crippen molar-refractivity contribution in [3.05, 3.63) is 6.92 Å². The van der Waals surface area contributed by atoms with Crippen LogP contribution in [0.4, 0.5) is 0 Å². The first-order valence-corrected chi connectivity index (χ1v) is 2.11. The van der Waals surface area contributed by atoms with Gasteiger partial charge in [-0.2, -0.15) is 0 Å². The van der Waals surface area contributed by atoms with Crippen LogP contribution in [0.1, 0.15) is 0 Å². The molecular formula is C4H10NNaO4. The molecule has 0 atom stereocenters. The van der Waals surface area contributed by atoms with Crippen molar-refractivity contribution >= 4 is 5.97 Å². The standard InChI is InChI=1S/C2H5NO2.C2H5O2.Na/c3-1-2(4)5;1-2(3)4;/h1,3H2,(H,4,5);2-4H,1H2;/q;-1;+1. The van der Waals surface area contributed by atoms with E-state index in [1.54, 1.807) is 0 Å². The predicted molar refractivity (Wildman–Crippen MR) is 30.3 cm³/mol. The van der Waals surface area contributed by atoms with Gasteiger partial charge in [-0.25, -0.2) is 0 Å². The monoisotopic (exact) mass is 159 g/mol. The number of aliphatic hydroxyl groups is 2. The van der Waals surface area contributed by atoms with Crippen LogP contribution in [0.3, 0.4) is 0 Å². The number of aliphatic hydroxyl groups excluding tert-OH is 1. The molecule has 0 aliphatic heterocycles. The summed E-state index contributed by atoms with van der Waals surface area (Å²) < 4.78 is 0. The molecule has 0 aliphatic carbocycles. The molecule has 5 nitrogen and oxygen atoms in total. The van der Waals surface area contributed by atoms with E-state index in [1.807, 2.05) is 0 Å². The zero-order valence-electron chi connectivity index (χ0n) is 5.82. The Morgan fingerprint density at radius 1 is 1.60 bits per heavy atom. The van der Waals surface area contributed by atoms with Gasteiger partial charge >= 0.3 is 35.5 Å². The van der Waals surface area contributed by atoms with Crippen molar-refractivity contribution in [1.82, 2.24) is 0 Å². The van der Waals surface area contributed by atoms with Crippen molar-refractivity contribution in [3.8, 4) is 0 Å². The molecule has 0 heterocycles. The maximum Gasteiger partial charge on any atom is 1.00 e. The summed E-state index contributed by atoms with van der Waals surface area (Å²) >= 11 is 0. The number of rotatable bonds is 1. The molecule has 0 radical (unpaired) electrons. The van der Waals surface area contributed by atoms with Gasteiger partial charge in [-0.3, -0.25) is 11.7 Å². The molecule has 5 N–H and O–H groups in total. The molecular weight excluding hydrogens is 149 g/mol. The van der Waals surface area contributed by atoms with Crippen molar-refractivity contribution in [2.45, 2.75) is 6.29 Å². The number of nitrogens with two attached hydrogens (primary N) is 1. The minimum absolute atomic E-state index is 0. The molecule has 0 saturated heterocycles. The first-order valence-electron chi connectivity index (χ1n) is 2.11. The number of carbonyl (C=O) groups is 1. The largest absolute Gasteiger partial charge is 1.00 e. The molecule has 0 aromatic carbocycles. The molecule has 0 saturated carbocycles. The summed E-state index contributed by atoms with van der Waals surface area (Å²) in [5, 5.41) is 22.6. The van der Waals surface area contributed by atoms with Crippen molar-refractivity contribution in [2.24, 2.45) is 5.73 Å². The normalized spacial score (nSPS) is 7.30. The second kappa shape index (κ2) is 12.1. The Labute approximate surface area is 81.1 Å². The molecule has 0 aromatic heterocycles. The van der Waals surface area contributed by atoms with Crippen molar-refractivity contribution in [1.29, 1.82) is 0 Å². The van der Waals surface area contributed by atoms with E-state index in [-0.39, 0.29) is 36.1 Å². The molecule has 56 valence electrons. The summed E-state index contributed by atoms with van der Waals surface area (Å²) in [6.45, 7) is 2.47. The second-order valence-corrected chi connectivity index (χ2v) is 1.08. The van der Waals surface area contributed by atoms with Gasteiger partial charge in [0.25, 0.3) is 0 Å². The molecule has 0 unspecified atom stereocenters. The van der Waals surface area contributed by atoms with Crippen LogP contribution in [0.15, 0.2) is 0 Å². The molecule has 0 spiro atoms. The Bertz CT molecular complexity index is 74.9. The van der Waals surface area contributed by atoms with Gasteiger partial charge in [-0.15, -0.1) is 0 Å². The fourth-order valence-electron chi connectivity index (χ4n) is 0. The van der Waals surface area contributed by atoms with Gasteiger partial charge in [0.1, 0.15) is 0 Å². The Morgan fingerprint density at radius 2 is 1.70 bits per heavy atom. The number of carboxylic acids is 1. The molecule has 0 fully saturated rings. The molecule has 0 rings (SSSR count). The van der Waals surface area contributed by atoms with Crippen molar-refractivity contribution in [2.75, 3.05) is 6.54 Å². The summed E-state index contributed by atoms with van der Waals surface area (Å²) in [5.41, 5.74) is 4.57. The fraction of sp³-hybridized carbons (Fsp3) is 0.500. The first kappa shape index (κ1) is 16.7. The summed E-state index contributed by atoms with van der Waals surface area (Å²) in [6, 6.07) is 0. The fourth-order valence-corrected chi connectivity index (χ4v) is 0. The van der Waals surface area contributed by atoms with Crippen LogP contribution in [-0.2, 0) is 4.79 Å². The summed E-state index contributed by atoms with van der Waals surface area (Å²) in [7, 11) is 0. The van der Waals surface area contributed by atoms with Crippen molar-refractivity contribution in [3.63, 3.8) is 0 Å². The van der Waals surface area contributed by atoms with E-state index in [0.29, 0.717) is 0 Å². The van der Waals surface area contributed by atoms with Gasteiger partial charge in [0.05, 0.1) is 6.54 Å². The average Bonchev–Trinajstić information content (AvgIpc) is 1.65. The Balaban J connectivity index is -0.0000000910.